The van der Waals surface area contributed by atoms with Crippen molar-refractivity contribution >= 4 is 23.0 Å². The fourth-order valence-corrected chi connectivity index (χ4v) is 2.51. The minimum Gasteiger partial charge on any atom is -0.434 e. The van der Waals surface area contributed by atoms with Crippen LogP contribution in [0, 0.1) is 6.92 Å². The summed E-state index contributed by atoms with van der Waals surface area (Å²) in [6.45, 7) is -1.14. The van der Waals surface area contributed by atoms with Gasteiger partial charge in [0.25, 0.3) is 5.91 Å². The molecule has 0 atom stereocenters. The van der Waals surface area contributed by atoms with Crippen LogP contribution in [0.5, 0.6) is 5.75 Å². The van der Waals surface area contributed by atoms with Crippen molar-refractivity contribution in [3.05, 3.63) is 71.4 Å². The first-order valence-electron chi connectivity index (χ1n) is 7.78. The summed E-state index contributed by atoms with van der Waals surface area (Å²) in [5, 5.41) is 4.55. The smallest absolute Gasteiger partial charge is 0.387 e. The number of benzene rings is 2. The van der Waals surface area contributed by atoms with Gasteiger partial charge >= 0.3 is 6.61 Å². The van der Waals surface area contributed by atoms with Crippen molar-refractivity contribution in [2.45, 2.75) is 13.5 Å². The van der Waals surface area contributed by atoms with Crippen LogP contribution in [-0.2, 0) is 0 Å². The molecule has 132 valence electrons. The molecule has 7 heteroatoms. The number of nitrogens with zero attached hydrogens (tertiary/aromatic N) is 2. The average Bonchev–Trinajstić information content (AvgIpc) is 2.62. The Labute approximate surface area is 148 Å². The van der Waals surface area contributed by atoms with E-state index in [9.17, 15) is 13.6 Å². The summed E-state index contributed by atoms with van der Waals surface area (Å²) in [6, 6.07) is 15.1. The van der Waals surface area contributed by atoms with Crippen LogP contribution in [0.3, 0.4) is 0 Å². The molecular formula is C19H15F2N3O2. The van der Waals surface area contributed by atoms with E-state index in [1.54, 1.807) is 37.3 Å². The highest BCUT2D eigenvalue weighted by Gasteiger charge is 2.11. The second-order valence-corrected chi connectivity index (χ2v) is 5.44. The molecule has 2 aromatic carbocycles. The number of para-hydroxylation sites is 2. The lowest BCUT2D eigenvalue weighted by molar-refractivity contribution is -0.0499. The molecule has 0 unspecified atom stereocenters. The Kier molecular flexibility index (Phi) is 5.17. The number of aryl methyl sites for hydroxylation is 1. The molecule has 0 spiro atoms. The van der Waals surface area contributed by atoms with E-state index < -0.39 is 12.5 Å². The summed E-state index contributed by atoms with van der Waals surface area (Å²) < 4.78 is 29.2. The van der Waals surface area contributed by atoms with Crippen LogP contribution < -0.4 is 10.2 Å². The molecule has 3 aromatic rings. The predicted molar refractivity (Wildman–Crippen MR) is 94.6 cm³/mol. The highest BCUT2D eigenvalue weighted by Crippen LogP contribution is 2.19. The molecule has 3 rings (SSSR count). The summed E-state index contributed by atoms with van der Waals surface area (Å²) >= 11 is 0. The van der Waals surface area contributed by atoms with Crippen LogP contribution in [0.2, 0.25) is 0 Å². The predicted octanol–water partition coefficient (Wildman–Crippen LogP) is 3.91. The molecule has 0 fully saturated rings. The molecule has 5 nitrogen and oxygen atoms in total. The lowest BCUT2D eigenvalue weighted by atomic mass is 10.1. The number of nitrogens with one attached hydrogen (secondary N) is 1. The standard InChI is InChI=1S/C19H15F2N3O2/c1-12-10-15(14-7-3-4-8-16(14)23-12)18(25)24-22-11-13-6-2-5-9-17(13)26-19(20)21/h2-11,19H,1H3,(H,24,25)/b22-11-. The SMILES string of the molecule is Cc1cc(C(=O)N/N=C\c2ccccc2OC(F)F)c2ccccc2n1. The van der Waals surface area contributed by atoms with Gasteiger partial charge in [-0.3, -0.25) is 9.78 Å². The monoisotopic (exact) mass is 355 g/mol. The Bertz CT molecular complexity index is 974. The molecule has 0 saturated heterocycles. The molecule has 1 aromatic heterocycles. The Morgan fingerprint density at radius 2 is 1.92 bits per heavy atom. The van der Waals surface area contributed by atoms with Gasteiger partial charge in [-0.15, -0.1) is 0 Å². The number of carbonyl (C=O) groups excluding carboxylic acids is 1. The number of rotatable bonds is 5. The minimum absolute atomic E-state index is 0.0225. The zero-order valence-corrected chi connectivity index (χ0v) is 13.8. The van der Waals surface area contributed by atoms with Gasteiger partial charge in [-0.2, -0.15) is 13.9 Å². The molecule has 0 aliphatic rings. The van der Waals surface area contributed by atoms with Gasteiger partial charge in [0.05, 0.1) is 17.3 Å². The zero-order chi connectivity index (χ0) is 18.5. The number of fused-ring (bicyclic) bond motifs is 1. The minimum atomic E-state index is -2.94. The summed E-state index contributed by atoms with van der Waals surface area (Å²) in [6.07, 6.45) is 1.26. The average molecular weight is 355 g/mol. The quantitative estimate of drug-likeness (QED) is 0.557. The van der Waals surface area contributed by atoms with Crippen LogP contribution in [0.4, 0.5) is 8.78 Å². The highest BCUT2D eigenvalue weighted by molar-refractivity contribution is 6.06. The number of aromatic nitrogens is 1. The molecule has 0 bridgehead atoms. The fraction of sp³-hybridized carbons (Fsp3) is 0.105. The van der Waals surface area contributed by atoms with Gasteiger partial charge in [-0.25, -0.2) is 5.43 Å². The van der Waals surface area contributed by atoms with Gasteiger partial charge < -0.3 is 4.74 Å². The molecule has 1 heterocycles. The van der Waals surface area contributed by atoms with E-state index in [4.69, 9.17) is 0 Å². The van der Waals surface area contributed by atoms with Crippen LogP contribution in [0.25, 0.3) is 10.9 Å². The molecule has 0 radical (unpaired) electrons. The summed E-state index contributed by atoms with van der Waals surface area (Å²) in [7, 11) is 0. The van der Waals surface area contributed by atoms with E-state index in [1.807, 2.05) is 18.2 Å². The second-order valence-electron chi connectivity index (χ2n) is 5.44. The van der Waals surface area contributed by atoms with Crippen LogP contribution in [0.1, 0.15) is 21.6 Å². The highest BCUT2D eigenvalue weighted by atomic mass is 19.3. The maximum Gasteiger partial charge on any atom is 0.387 e. The molecular weight excluding hydrogens is 340 g/mol. The first-order chi connectivity index (χ1) is 12.5. The third-order valence-electron chi connectivity index (χ3n) is 3.59. The first-order valence-corrected chi connectivity index (χ1v) is 7.78. The Morgan fingerprint density at radius 1 is 1.19 bits per heavy atom. The van der Waals surface area contributed by atoms with Crippen molar-refractivity contribution in [1.82, 2.24) is 10.4 Å². The van der Waals surface area contributed by atoms with Crippen molar-refractivity contribution in [3.8, 4) is 5.75 Å². The summed E-state index contributed by atoms with van der Waals surface area (Å²) in [4.78, 5) is 16.8. The van der Waals surface area contributed by atoms with Crippen molar-refractivity contribution in [2.75, 3.05) is 0 Å². The van der Waals surface area contributed by atoms with Gasteiger partial charge in [0.15, 0.2) is 0 Å². The largest absolute Gasteiger partial charge is 0.434 e. The fourth-order valence-electron chi connectivity index (χ4n) is 2.51. The van der Waals surface area contributed by atoms with Gasteiger partial charge in [-0.1, -0.05) is 30.3 Å². The van der Waals surface area contributed by atoms with Crippen LogP contribution in [0.15, 0.2) is 59.7 Å². The van der Waals surface area contributed by atoms with Crippen molar-refractivity contribution in [2.24, 2.45) is 5.10 Å². The van der Waals surface area contributed by atoms with Crippen LogP contribution >= 0.6 is 0 Å². The Morgan fingerprint density at radius 3 is 2.73 bits per heavy atom. The third-order valence-corrected chi connectivity index (χ3v) is 3.59. The van der Waals surface area contributed by atoms with Crippen molar-refractivity contribution in [1.29, 1.82) is 0 Å². The van der Waals surface area contributed by atoms with E-state index in [2.05, 4.69) is 20.2 Å². The zero-order valence-electron chi connectivity index (χ0n) is 13.8. The molecule has 0 aliphatic carbocycles. The third kappa shape index (κ3) is 4.00. The van der Waals surface area contributed by atoms with E-state index in [1.165, 1.54) is 12.3 Å². The van der Waals surface area contributed by atoms with Crippen LogP contribution in [-0.4, -0.2) is 23.7 Å². The normalized spacial score (nSPS) is 11.2. The number of hydrazone groups is 1. The number of hydrogen-bond acceptors (Lipinski definition) is 4. The van der Waals surface area contributed by atoms with E-state index in [0.717, 1.165) is 0 Å². The molecule has 1 N–H and O–H groups in total. The maximum atomic E-state index is 12.5. The number of hydrogen-bond donors (Lipinski definition) is 1. The molecule has 1 amide bonds. The van der Waals surface area contributed by atoms with Crippen molar-refractivity contribution in [3.63, 3.8) is 0 Å². The van der Waals surface area contributed by atoms with Gasteiger partial charge in [0, 0.05) is 16.6 Å². The van der Waals surface area contributed by atoms with Gasteiger partial charge in [0.2, 0.25) is 0 Å². The number of amides is 1. The molecule has 0 saturated carbocycles. The van der Waals surface area contributed by atoms with Gasteiger partial charge in [0.1, 0.15) is 5.75 Å². The van der Waals surface area contributed by atoms with E-state index in [0.29, 0.717) is 27.7 Å². The lowest BCUT2D eigenvalue weighted by Gasteiger charge is -2.08. The summed E-state index contributed by atoms with van der Waals surface area (Å²) in [5.41, 5.74) is 4.57. The number of pyridine rings is 1. The van der Waals surface area contributed by atoms with Gasteiger partial charge in [-0.05, 0) is 31.2 Å². The van der Waals surface area contributed by atoms with Crippen molar-refractivity contribution < 1.29 is 18.3 Å². The van der Waals surface area contributed by atoms with E-state index in [-0.39, 0.29) is 5.75 Å². The summed E-state index contributed by atoms with van der Waals surface area (Å²) in [5.74, 6) is -0.444. The molecule has 26 heavy (non-hydrogen) atoms. The second kappa shape index (κ2) is 7.69. The number of halogens is 2. The lowest BCUT2D eigenvalue weighted by Crippen LogP contribution is -2.18. The Balaban J connectivity index is 1.81. The molecule has 0 aliphatic heterocycles. The number of alkyl halides is 2. The number of ether oxygens (including phenoxy) is 1. The first kappa shape index (κ1) is 17.5. The Hall–Kier alpha value is -3.35. The maximum absolute atomic E-state index is 12.5. The van der Waals surface area contributed by atoms with E-state index >= 15 is 0 Å². The number of carbonyl (C=O) groups is 1. The topological polar surface area (TPSA) is 63.6 Å².